The second-order valence-corrected chi connectivity index (χ2v) is 9.93. The topological polar surface area (TPSA) is 167 Å². The molecule has 15 heteroatoms. The fourth-order valence-corrected chi connectivity index (χ4v) is 4.45. The molecule has 1 unspecified atom stereocenters. The second kappa shape index (κ2) is 13.5. The molecule has 2 aromatic carbocycles. The highest BCUT2D eigenvalue weighted by Crippen LogP contribution is 2.24. The number of methoxy groups -OCH3 is 1. The lowest BCUT2D eigenvalue weighted by atomic mass is 10.2. The van der Waals surface area contributed by atoms with E-state index in [-0.39, 0.29) is 43.2 Å². The molecule has 0 aliphatic carbocycles. The first-order valence-corrected chi connectivity index (χ1v) is 13.8. The Labute approximate surface area is 249 Å². The molecule has 1 saturated heterocycles. The van der Waals surface area contributed by atoms with Crippen molar-refractivity contribution in [2.75, 3.05) is 26.2 Å². The number of aromatic nitrogens is 4. The number of hydrogen-bond donors (Lipinski definition) is 1. The number of nitrogens with zero attached hydrogens (tertiary/aromatic N) is 5. The Kier molecular flexibility index (Phi) is 9.39. The van der Waals surface area contributed by atoms with Crippen LogP contribution >= 0.6 is 11.6 Å². The van der Waals surface area contributed by atoms with Crippen LogP contribution in [0, 0.1) is 0 Å². The molecule has 1 atom stereocenters. The predicted octanol–water partition coefficient (Wildman–Crippen LogP) is 2.57. The summed E-state index contributed by atoms with van der Waals surface area (Å²) in [5.74, 6) is 5.83. The zero-order chi connectivity index (χ0) is 30.3. The molecule has 14 nitrogen and oxygen atoms in total. The number of hydrogen-bond acceptors (Lipinski definition) is 11. The zero-order valence-electron chi connectivity index (χ0n) is 23.2. The van der Waals surface area contributed by atoms with Crippen LogP contribution in [0.1, 0.15) is 35.4 Å². The van der Waals surface area contributed by atoms with Gasteiger partial charge in [-0.15, -0.1) is 0 Å². The Balaban J connectivity index is 1.45. The van der Waals surface area contributed by atoms with Gasteiger partial charge in [0.05, 0.1) is 38.6 Å². The molecule has 5 rings (SSSR count). The van der Waals surface area contributed by atoms with Crippen LogP contribution in [0.2, 0.25) is 5.02 Å². The molecule has 1 aliphatic rings. The van der Waals surface area contributed by atoms with Gasteiger partial charge in [0.1, 0.15) is 5.75 Å². The van der Waals surface area contributed by atoms with Crippen LogP contribution in [0.15, 0.2) is 73.7 Å². The number of ether oxygens (including phenoxy) is 4. The fraction of sp³-hybridized carbons (Fsp3) is 0.321. The van der Waals surface area contributed by atoms with Crippen molar-refractivity contribution < 1.29 is 28.3 Å². The molecular weight excluding hydrogens is 584 g/mol. The van der Waals surface area contributed by atoms with E-state index < -0.39 is 17.3 Å². The largest absolute Gasteiger partial charge is 0.463 e. The van der Waals surface area contributed by atoms with Crippen LogP contribution in [0.5, 0.6) is 11.6 Å². The van der Waals surface area contributed by atoms with Gasteiger partial charge in [-0.1, -0.05) is 23.7 Å². The summed E-state index contributed by atoms with van der Waals surface area (Å²) in [5, 5.41) is 4.21. The summed E-state index contributed by atoms with van der Waals surface area (Å²) < 4.78 is 29.5. The molecule has 0 spiro atoms. The average molecular weight is 613 g/mol. The van der Waals surface area contributed by atoms with Gasteiger partial charge in [0.2, 0.25) is 11.4 Å². The Bertz CT molecular complexity index is 1750. The third-order valence-corrected chi connectivity index (χ3v) is 6.78. The summed E-state index contributed by atoms with van der Waals surface area (Å²) in [6.45, 7) is 0.739. The van der Waals surface area contributed by atoms with Crippen LogP contribution in [-0.4, -0.2) is 51.5 Å². The highest BCUT2D eigenvalue weighted by molar-refractivity contribution is 6.30. The van der Waals surface area contributed by atoms with E-state index in [4.69, 9.17) is 36.2 Å². The Morgan fingerprint density at radius 2 is 1.86 bits per heavy atom. The van der Waals surface area contributed by atoms with Crippen LogP contribution in [0.3, 0.4) is 0 Å². The van der Waals surface area contributed by atoms with Crippen LogP contribution < -0.4 is 27.6 Å². The van der Waals surface area contributed by atoms with Crippen molar-refractivity contribution in [1.82, 2.24) is 19.0 Å². The average Bonchev–Trinajstić information content (AvgIpc) is 3.50. The molecule has 0 amide bonds. The van der Waals surface area contributed by atoms with E-state index >= 15 is 0 Å². The van der Waals surface area contributed by atoms with Gasteiger partial charge in [0, 0.05) is 11.6 Å². The molecule has 43 heavy (non-hydrogen) atoms. The number of esters is 1. The van der Waals surface area contributed by atoms with Gasteiger partial charge in [-0.05, 0) is 66.4 Å². The predicted molar refractivity (Wildman–Crippen MR) is 153 cm³/mol. The zero-order valence-corrected chi connectivity index (χ0v) is 23.9. The quantitative estimate of drug-likeness (QED) is 0.208. The van der Waals surface area contributed by atoms with E-state index in [0.29, 0.717) is 23.1 Å². The van der Waals surface area contributed by atoms with E-state index in [1.807, 2.05) is 0 Å². The van der Waals surface area contributed by atoms with Gasteiger partial charge in [-0.2, -0.15) is 4.68 Å². The molecule has 4 aromatic rings. The maximum atomic E-state index is 13.7. The van der Waals surface area contributed by atoms with Crippen LogP contribution in [0.25, 0.3) is 0 Å². The van der Waals surface area contributed by atoms with Gasteiger partial charge in [0.25, 0.3) is 5.88 Å². The first kappa shape index (κ1) is 29.8. The molecule has 0 bridgehead atoms. The Hall–Kier alpha value is -4.66. The molecule has 1 aliphatic heterocycles. The second-order valence-electron chi connectivity index (χ2n) is 9.50. The maximum absolute atomic E-state index is 13.7. The summed E-state index contributed by atoms with van der Waals surface area (Å²) in [5.41, 5.74) is -0.327. The van der Waals surface area contributed by atoms with Crippen molar-refractivity contribution in [2.45, 2.75) is 38.6 Å². The van der Waals surface area contributed by atoms with Crippen molar-refractivity contribution in [3.8, 4) is 11.6 Å². The molecule has 2 aromatic heterocycles. The van der Waals surface area contributed by atoms with Crippen molar-refractivity contribution in [3.05, 3.63) is 97.5 Å². The normalized spacial score (nSPS) is 15.4. The minimum atomic E-state index is -0.753. The molecule has 226 valence electrons. The molecule has 0 saturated carbocycles. The number of carbonyl (C=O) groups excluding carboxylic acids is 1. The third-order valence-electron chi connectivity index (χ3n) is 6.53. The van der Waals surface area contributed by atoms with Crippen molar-refractivity contribution in [1.29, 1.82) is 0 Å². The standard InChI is InChI=1S/C28H29ClN6O8/c1-39-25(36)22-16-23(32-43-22)42-21-11-9-20(10-12-21)31-26-34(17-18-5-7-19(29)8-6-18)27(37)33(28(38)35(26)30)13-15-41-24-4-2-3-14-40-24/h5-12,16,24H,2-4,13-15,17,30H2,1H3. The third kappa shape index (κ3) is 7.23. The van der Waals surface area contributed by atoms with Gasteiger partial charge in [0.15, 0.2) is 6.29 Å². The summed E-state index contributed by atoms with van der Waals surface area (Å²) in [7, 11) is 1.22. The minimum absolute atomic E-state index is 0.0264. The van der Waals surface area contributed by atoms with Gasteiger partial charge < -0.3 is 29.3 Å². The van der Waals surface area contributed by atoms with Crippen LogP contribution in [-0.2, 0) is 27.3 Å². The lowest BCUT2D eigenvalue weighted by Gasteiger charge is -2.22. The minimum Gasteiger partial charge on any atom is -0.463 e. The Morgan fingerprint density at radius 3 is 2.56 bits per heavy atom. The number of rotatable bonds is 10. The number of nitrogens with two attached hydrogens (primary N) is 1. The van der Waals surface area contributed by atoms with E-state index in [0.717, 1.165) is 34.1 Å². The van der Waals surface area contributed by atoms with E-state index in [9.17, 15) is 14.4 Å². The molecule has 0 radical (unpaired) electrons. The number of nitrogen functional groups attached to an aromatic ring is 1. The van der Waals surface area contributed by atoms with Crippen LogP contribution in [0.4, 0.5) is 5.69 Å². The Morgan fingerprint density at radius 1 is 1.09 bits per heavy atom. The van der Waals surface area contributed by atoms with Crippen molar-refractivity contribution in [3.63, 3.8) is 0 Å². The van der Waals surface area contributed by atoms with Crippen molar-refractivity contribution in [2.24, 2.45) is 4.99 Å². The summed E-state index contributed by atoms with van der Waals surface area (Å²) in [6.07, 6.45) is 2.34. The maximum Gasteiger partial charge on any atom is 0.377 e. The first-order valence-electron chi connectivity index (χ1n) is 13.4. The summed E-state index contributed by atoms with van der Waals surface area (Å²) in [6, 6.07) is 14.6. The molecule has 2 N–H and O–H groups in total. The summed E-state index contributed by atoms with van der Waals surface area (Å²) >= 11 is 6.04. The molecular formula is C28H29ClN6O8. The fourth-order valence-electron chi connectivity index (χ4n) is 4.32. The highest BCUT2D eigenvalue weighted by Gasteiger charge is 2.17. The number of carbonyl (C=O) groups is 1. The number of benzene rings is 2. The summed E-state index contributed by atoms with van der Waals surface area (Å²) in [4.78, 5) is 43.0. The van der Waals surface area contributed by atoms with Gasteiger partial charge in [-0.25, -0.2) is 23.9 Å². The lowest BCUT2D eigenvalue weighted by Crippen LogP contribution is -2.58. The van der Waals surface area contributed by atoms with E-state index in [1.165, 1.54) is 17.7 Å². The molecule has 1 fully saturated rings. The van der Waals surface area contributed by atoms with Gasteiger partial charge >= 0.3 is 17.3 Å². The van der Waals surface area contributed by atoms with E-state index in [2.05, 4.69) is 14.9 Å². The SMILES string of the molecule is COC(=O)c1cc(Oc2ccc(N=c3n(N)c(=O)n(CCOC4CCCCO4)c(=O)n3Cc3ccc(Cl)cc3)cc2)no1. The monoisotopic (exact) mass is 612 g/mol. The smallest absolute Gasteiger partial charge is 0.377 e. The molecule has 3 heterocycles. The van der Waals surface area contributed by atoms with E-state index in [1.54, 1.807) is 48.5 Å². The van der Waals surface area contributed by atoms with Gasteiger partial charge in [-0.3, -0.25) is 4.57 Å². The lowest BCUT2D eigenvalue weighted by molar-refractivity contribution is -0.163. The highest BCUT2D eigenvalue weighted by atomic mass is 35.5. The number of halogens is 1. The first-order chi connectivity index (χ1) is 20.8. The van der Waals surface area contributed by atoms with Crippen molar-refractivity contribution >= 4 is 23.3 Å².